The SMILES string of the molecule is CCS(=O)(=O)c1ccc([C@H](CO)NC(=O)c2ccc(N3CC(C4CCOCC4)CC[C@H]3COC(F)F)cc2)cc1. The van der Waals surface area contributed by atoms with E-state index in [2.05, 4.69) is 15.0 Å². The molecule has 4 rings (SSSR count). The van der Waals surface area contributed by atoms with E-state index in [4.69, 9.17) is 4.74 Å². The molecule has 0 saturated carbocycles. The lowest BCUT2D eigenvalue weighted by Crippen LogP contribution is -2.48. The number of aliphatic hydroxyl groups excluding tert-OH is 1. The Balaban J connectivity index is 1.45. The fourth-order valence-electron chi connectivity index (χ4n) is 5.66. The maximum Gasteiger partial charge on any atom is 0.345 e. The first-order valence-electron chi connectivity index (χ1n) is 13.8. The zero-order valence-corrected chi connectivity index (χ0v) is 23.5. The highest BCUT2D eigenvalue weighted by Gasteiger charge is 2.34. The molecule has 0 radical (unpaired) electrons. The Hall–Kier alpha value is -2.60. The fraction of sp³-hybridized carbons (Fsp3) is 0.552. The molecule has 11 heteroatoms. The summed E-state index contributed by atoms with van der Waals surface area (Å²) in [5.74, 6) is 0.548. The lowest BCUT2D eigenvalue weighted by atomic mass is 9.79. The van der Waals surface area contributed by atoms with E-state index in [9.17, 15) is 27.1 Å². The average Bonchev–Trinajstić information content (AvgIpc) is 2.99. The number of nitrogens with zero attached hydrogens (tertiary/aromatic N) is 1. The van der Waals surface area contributed by atoms with E-state index in [0.717, 1.165) is 51.1 Å². The van der Waals surface area contributed by atoms with Crippen molar-refractivity contribution >= 4 is 21.4 Å². The zero-order valence-electron chi connectivity index (χ0n) is 22.7. The molecule has 2 aromatic carbocycles. The monoisotopic (exact) mass is 580 g/mol. The van der Waals surface area contributed by atoms with Crippen molar-refractivity contribution in [2.24, 2.45) is 11.8 Å². The van der Waals surface area contributed by atoms with Crippen molar-refractivity contribution in [1.82, 2.24) is 5.32 Å². The quantitative estimate of drug-likeness (QED) is 0.411. The van der Waals surface area contributed by atoms with Gasteiger partial charge in [0.05, 0.1) is 35.9 Å². The molecule has 2 fully saturated rings. The number of anilines is 1. The molecule has 2 saturated heterocycles. The van der Waals surface area contributed by atoms with Crippen LogP contribution in [-0.2, 0) is 19.3 Å². The molecule has 2 aromatic rings. The highest BCUT2D eigenvalue weighted by atomic mass is 32.2. The summed E-state index contributed by atoms with van der Waals surface area (Å²) in [6.07, 6.45) is 3.69. The van der Waals surface area contributed by atoms with Crippen LogP contribution in [0.3, 0.4) is 0 Å². The van der Waals surface area contributed by atoms with Gasteiger partial charge in [-0.05, 0) is 79.5 Å². The first kappa shape index (κ1) is 30.4. The Kier molecular flexibility index (Phi) is 10.5. The standard InChI is InChI=1S/C29H38F2N2O6S/c1-2-40(36,37)26-11-6-21(7-12-26)27(18-34)32-28(35)22-3-8-24(9-4-22)33-17-23(20-13-15-38-16-14-20)5-10-25(33)19-39-29(30)31/h3-4,6-9,11-12,20,23,25,27,29,34H,2,5,10,13-19H2,1H3,(H,32,35)/t23?,25-,27-/m0/s1. The number of aliphatic hydroxyl groups is 1. The van der Waals surface area contributed by atoms with Crippen molar-refractivity contribution in [3.63, 3.8) is 0 Å². The summed E-state index contributed by atoms with van der Waals surface area (Å²) in [6, 6.07) is 12.2. The number of hydrogen-bond donors (Lipinski definition) is 2. The van der Waals surface area contributed by atoms with Gasteiger partial charge < -0.3 is 24.8 Å². The van der Waals surface area contributed by atoms with Crippen molar-refractivity contribution in [2.45, 2.75) is 56.2 Å². The van der Waals surface area contributed by atoms with Crippen molar-refractivity contribution in [1.29, 1.82) is 0 Å². The van der Waals surface area contributed by atoms with E-state index >= 15 is 0 Å². The summed E-state index contributed by atoms with van der Waals surface area (Å²) >= 11 is 0. The maximum absolute atomic E-state index is 13.0. The lowest BCUT2D eigenvalue weighted by molar-refractivity contribution is -0.133. The minimum Gasteiger partial charge on any atom is -0.394 e. The van der Waals surface area contributed by atoms with E-state index in [0.29, 0.717) is 23.0 Å². The molecule has 220 valence electrons. The molecular weight excluding hydrogens is 542 g/mol. The van der Waals surface area contributed by atoms with E-state index in [-0.39, 0.29) is 29.9 Å². The number of carbonyl (C=O) groups excluding carboxylic acids is 1. The van der Waals surface area contributed by atoms with Crippen molar-refractivity contribution < 1.29 is 36.6 Å². The third kappa shape index (κ3) is 7.57. The molecule has 3 atom stereocenters. The first-order chi connectivity index (χ1) is 19.2. The number of sulfone groups is 1. The van der Waals surface area contributed by atoms with Crippen LogP contribution in [0.1, 0.15) is 54.6 Å². The third-order valence-electron chi connectivity index (χ3n) is 8.06. The van der Waals surface area contributed by atoms with Crippen LogP contribution in [0.2, 0.25) is 0 Å². The number of rotatable bonds is 11. The zero-order chi connectivity index (χ0) is 28.7. The Morgan fingerprint density at radius 2 is 1.73 bits per heavy atom. The third-order valence-corrected chi connectivity index (χ3v) is 9.81. The molecular formula is C29H38F2N2O6S. The number of nitrogens with one attached hydrogen (secondary N) is 1. The number of benzene rings is 2. The summed E-state index contributed by atoms with van der Waals surface area (Å²) in [5, 5.41) is 12.7. The topological polar surface area (TPSA) is 105 Å². The number of amides is 1. The number of alkyl halides is 2. The van der Waals surface area contributed by atoms with Crippen LogP contribution in [0, 0.1) is 11.8 Å². The largest absolute Gasteiger partial charge is 0.394 e. The molecule has 2 aliphatic rings. The molecule has 2 aliphatic heterocycles. The Morgan fingerprint density at radius 3 is 2.33 bits per heavy atom. The van der Waals surface area contributed by atoms with Gasteiger partial charge in [0.15, 0.2) is 9.84 Å². The van der Waals surface area contributed by atoms with E-state index in [1.165, 1.54) is 12.1 Å². The van der Waals surface area contributed by atoms with Gasteiger partial charge in [0.1, 0.15) is 0 Å². The van der Waals surface area contributed by atoms with Crippen LogP contribution in [0.15, 0.2) is 53.4 Å². The number of ether oxygens (including phenoxy) is 2. The van der Waals surface area contributed by atoms with Crippen LogP contribution in [0.4, 0.5) is 14.5 Å². The van der Waals surface area contributed by atoms with Crippen LogP contribution in [0.25, 0.3) is 0 Å². The molecule has 0 aliphatic carbocycles. The Bertz CT molecular complexity index is 1200. The van der Waals surface area contributed by atoms with E-state index < -0.39 is 28.4 Å². The lowest BCUT2D eigenvalue weighted by Gasteiger charge is -2.44. The van der Waals surface area contributed by atoms with Gasteiger partial charge in [0.2, 0.25) is 0 Å². The number of halogens is 2. The van der Waals surface area contributed by atoms with Crippen molar-refractivity contribution in [2.75, 3.05) is 43.6 Å². The van der Waals surface area contributed by atoms with Gasteiger partial charge >= 0.3 is 6.61 Å². The highest BCUT2D eigenvalue weighted by molar-refractivity contribution is 7.91. The molecule has 0 aromatic heterocycles. The smallest absolute Gasteiger partial charge is 0.345 e. The maximum atomic E-state index is 13.0. The fourth-order valence-corrected chi connectivity index (χ4v) is 6.54. The van der Waals surface area contributed by atoms with Gasteiger partial charge in [-0.15, -0.1) is 0 Å². The van der Waals surface area contributed by atoms with E-state index in [1.54, 1.807) is 31.2 Å². The summed E-state index contributed by atoms with van der Waals surface area (Å²) in [5.41, 5.74) is 1.80. The molecule has 8 nitrogen and oxygen atoms in total. The molecule has 2 heterocycles. The van der Waals surface area contributed by atoms with Crippen LogP contribution in [-0.4, -0.2) is 70.8 Å². The number of hydrogen-bond acceptors (Lipinski definition) is 7. The molecule has 1 unspecified atom stereocenters. The van der Waals surface area contributed by atoms with Gasteiger partial charge in [0, 0.05) is 31.0 Å². The minimum absolute atomic E-state index is 0.0177. The molecule has 0 spiro atoms. The summed E-state index contributed by atoms with van der Waals surface area (Å²) in [4.78, 5) is 15.3. The molecule has 40 heavy (non-hydrogen) atoms. The molecule has 0 bridgehead atoms. The molecule has 1 amide bonds. The Labute approximate surface area is 234 Å². The van der Waals surface area contributed by atoms with Gasteiger partial charge in [-0.1, -0.05) is 19.1 Å². The average molecular weight is 581 g/mol. The van der Waals surface area contributed by atoms with Gasteiger partial charge in [-0.3, -0.25) is 4.79 Å². The second-order valence-corrected chi connectivity index (χ2v) is 12.7. The van der Waals surface area contributed by atoms with Crippen LogP contribution < -0.4 is 10.2 Å². The highest BCUT2D eigenvalue weighted by Crippen LogP contribution is 2.36. The van der Waals surface area contributed by atoms with Gasteiger partial charge in [0.25, 0.3) is 5.91 Å². The van der Waals surface area contributed by atoms with E-state index in [1.807, 2.05) is 12.1 Å². The molecule has 2 N–H and O–H groups in total. The summed E-state index contributed by atoms with van der Waals surface area (Å²) < 4.78 is 60.0. The normalized spacial score (nSPS) is 21.4. The van der Waals surface area contributed by atoms with Gasteiger partial charge in [-0.2, -0.15) is 8.78 Å². The number of carbonyl (C=O) groups is 1. The second-order valence-electron chi connectivity index (χ2n) is 10.4. The minimum atomic E-state index is -3.35. The Morgan fingerprint density at radius 1 is 1.05 bits per heavy atom. The summed E-state index contributed by atoms with van der Waals surface area (Å²) in [7, 11) is -3.35. The van der Waals surface area contributed by atoms with Crippen LogP contribution >= 0.6 is 0 Å². The predicted molar refractivity (Wildman–Crippen MR) is 147 cm³/mol. The van der Waals surface area contributed by atoms with Crippen LogP contribution in [0.5, 0.6) is 0 Å². The van der Waals surface area contributed by atoms with Crippen molar-refractivity contribution in [3.05, 3.63) is 59.7 Å². The second kappa shape index (κ2) is 13.8. The first-order valence-corrected chi connectivity index (χ1v) is 15.5. The van der Waals surface area contributed by atoms with Gasteiger partial charge in [-0.25, -0.2) is 8.42 Å². The number of piperidine rings is 1. The summed E-state index contributed by atoms with van der Waals surface area (Å²) in [6.45, 7) is 0.531. The predicted octanol–water partition coefficient (Wildman–Crippen LogP) is 4.19. The van der Waals surface area contributed by atoms with Crippen molar-refractivity contribution in [3.8, 4) is 0 Å².